The maximum atomic E-state index is 13.1. The Kier molecular flexibility index (Phi) is 4.61. The molecule has 1 spiro atoms. The predicted octanol–water partition coefficient (Wildman–Crippen LogP) is 1.85. The molecule has 2 aliphatic rings. The van der Waals surface area contributed by atoms with Gasteiger partial charge in [0.1, 0.15) is 11.6 Å². The van der Waals surface area contributed by atoms with E-state index in [1.165, 1.54) is 0 Å². The molecule has 1 saturated heterocycles. The quantitative estimate of drug-likeness (QED) is 0.861. The van der Waals surface area contributed by atoms with Crippen molar-refractivity contribution in [3.63, 3.8) is 0 Å². The minimum absolute atomic E-state index is 0.00842. The van der Waals surface area contributed by atoms with E-state index in [0.29, 0.717) is 13.0 Å². The predicted molar refractivity (Wildman–Crippen MR) is 80.8 cm³/mol. The molecule has 2 rings (SSSR count). The highest BCUT2D eigenvalue weighted by molar-refractivity contribution is 5.99. The third-order valence-corrected chi connectivity index (χ3v) is 4.91. The smallest absolute Gasteiger partial charge is 0.249 e. The average molecular weight is 296 g/mol. The van der Waals surface area contributed by atoms with E-state index in [9.17, 15) is 9.59 Å². The number of hydrogen-bond acceptors (Lipinski definition) is 3. The van der Waals surface area contributed by atoms with Crippen molar-refractivity contribution in [3.05, 3.63) is 0 Å². The number of nitrogens with one attached hydrogen (secondary N) is 1. The van der Waals surface area contributed by atoms with Crippen LogP contribution in [0.5, 0.6) is 0 Å². The van der Waals surface area contributed by atoms with Gasteiger partial charge in [0.15, 0.2) is 0 Å². The molecular weight excluding hydrogens is 268 g/mol. The van der Waals surface area contributed by atoms with Crippen LogP contribution in [0, 0.1) is 0 Å². The fourth-order valence-electron chi connectivity index (χ4n) is 3.49. The summed E-state index contributed by atoms with van der Waals surface area (Å²) >= 11 is 0. The largest absolute Gasteiger partial charge is 0.377 e. The van der Waals surface area contributed by atoms with Gasteiger partial charge in [-0.3, -0.25) is 9.59 Å². The molecule has 1 N–H and O–H groups in total. The van der Waals surface area contributed by atoms with E-state index in [1.807, 2.05) is 20.8 Å². The van der Waals surface area contributed by atoms with Gasteiger partial charge >= 0.3 is 0 Å². The molecule has 1 aliphatic carbocycles. The number of ether oxygens (including phenoxy) is 1. The Morgan fingerprint density at radius 2 is 1.90 bits per heavy atom. The van der Waals surface area contributed by atoms with Crippen molar-refractivity contribution in [2.45, 2.75) is 76.5 Å². The average Bonchev–Trinajstić information content (AvgIpc) is 2.46. The first kappa shape index (κ1) is 16.3. The second-order valence-corrected chi connectivity index (χ2v) is 6.95. The van der Waals surface area contributed by atoms with Crippen LogP contribution in [-0.4, -0.2) is 47.6 Å². The Hall–Kier alpha value is -1.10. The monoisotopic (exact) mass is 296 g/mol. The topological polar surface area (TPSA) is 58.6 Å². The number of methoxy groups -OCH3 is 1. The number of hydrogen-bond donors (Lipinski definition) is 1. The van der Waals surface area contributed by atoms with Gasteiger partial charge in [-0.05, 0) is 33.1 Å². The third kappa shape index (κ3) is 3.07. The number of carbonyl (C=O) groups is 2. The molecule has 21 heavy (non-hydrogen) atoms. The van der Waals surface area contributed by atoms with Gasteiger partial charge in [-0.2, -0.15) is 0 Å². The summed E-state index contributed by atoms with van der Waals surface area (Å²) < 4.78 is 5.47. The van der Waals surface area contributed by atoms with Crippen LogP contribution in [0.4, 0.5) is 0 Å². The minimum atomic E-state index is -0.662. The lowest BCUT2D eigenvalue weighted by Crippen LogP contribution is -2.71. The normalized spacial score (nSPS) is 26.1. The number of piperazine rings is 1. The second-order valence-electron chi connectivity index (χ2n) is 6.95. The van der Waals surface area contributed by atoms with Gasteiger partial charge in [0.2, 0.25) is 11.8 Å². The Morgan fingerprint density at radius 3 is 2.43 bits per heavy atom. The fraction of sp³-hybridized carbons (Fsp3) is 0.875. The lowest BCUT2D eigenvalue weighted by molar-refractivity contribution is -0.160. The number of carbonyl (C=O) groups excluding carboxylic acids is 2. The molecule has 2 amide bonds. The van der Waals surface area contributed by atoms with Crippen LogP contribution in [-0.2, 0) is 14.3 Å². The molecule has 1 aliphatic heterocycles. The van der Waals surface area contributed by atoms with Gasteiger partial charge in [0.05, 0.1) is 12.1 Å². The van der Waals surface area contributed by atoms with Gasteiger partial charge < -0.3 is 15.0 Å². The molecule has 0 aromatic rings. The van der Waals surface area contributed by atoms with Gasteiger partial charge in [-0.15, -0.1) is 0 Å². The number of rotatable bonds is 4. The second kappa shape index (κ2) is 5.95. The van der Waals surface area contributed by atoms with Crippen molar-refractivity contribution in [1.82, 2.24) is 10.2 Å². The van der Waals surface area contributed by atoms with E-state index in [2.05, 4.69) is 5.32 Å². The summed E-state index contributed by atoms with van der Waals surface area (Å²) in [5.74, 6) is 0.0738. The first-order valence-corrected chi connectivity index (χ1v) is 8.03. The van der Waals surface area contributed by atoms with Crippen molar-refractivity contribution in [2.75, 3.05) is 13.7 Å². The van der Waals surface area contributed by atoms with Crippen LogP contribution >= 0.6 is 0 Å². The first-order valence-electron chi connectivity index (χ1n) is 8.03. The maximum Gasteiger partial charge on any atom is 0.249 e. The van der Waals surface area contributed by atoms with E-state index >= 15 is 0 Å². The summed E-state index contributed by atoms with van der Waals surface area (Å²) in [4.78, 5) is 27.3. The van der Waals surface area contributed by atoms with Gasteiger partial charge in [0, 0.05) is 7.11 Å². The molecule has 0 aromatic heterocycles. The highest BCUT2D eigenvalue weighted by Crippen LogP contribution is 2.34. The molecule has 1 unspecified atom stereocenters. The van der Waals surface area contributed by atoms with Crippen LogP contribution < -0.4 is 5.32 Å². The van der Waals surface area contributed by atoms with Crippen LogP contribution in [0.3, 0.4) is 0 Å². The molecule has 0 radical (unpaired) electrons. The van der Waals surface area contributed by atoms with E-state index in [-0.39, 0.29) is 17.9 Å². The third-order valence-electron chi connectivity index (χ3n) is 4.91. The highest BCUT2D eigenvalue weighted by atomic mass is 16.5. The molecular formula is C16H28N2O3. The van der Waals surface area contributed by atoms with Crippen molar-refractivity contribution in [1.29, 1.82) is 0 Å². The van der Waals surface area contributed by atoms with E-state index < -0.39 is 11.1 Å². The summed E-state index contributed by atoms with van der Waals surface area (Å²) in [7, 11) is 1.64. The zero-order valence-electron chi connectivity index (χ0n) is 13.7. The minimum Gasteiger partial charge on any atom is -0.377 e. The molecule has 0 aromatic carbocycles. The van der Waals surface area contributed by atoms with Crippen molar-refractivity contribution >= 4 is 11.8 Å². The first-order chi connectivity index (χ1) is 9.85. The van der Waals surface area contributed by atoms with Crippen LogP contribution in [0.15, 0.2) is 0 Å². The molecule has 5 nitrogen and oxygen atoms in total. The molecule has 1 saturated carbocycles. The van der Waals surface area contributed by atoms with E-state index in [1.54, 1.807) is 12.0 Å². The molecule has 2 fully saturated rings. The van der Waals surface area contributed by atoms with E-state index in [0.717, 1.165) is 32.1 Å². The molecule has 5 heteroatoms. The lowest BCUT2D eigenvalue weighted by Gasteiger charge is -2.49. The van der Waals surface area contributed by atoms with Crippen molar-refractivity contribution in [2.24, 2.45) is 0 Å². The molecule has 120 valence electrons. The number of amides is 2. The standard InChI is InChI=1S/C16H28N2O3/c1-5-12-13(19)17-16(9-7-6-8-10-16)14(20)18(12)11-15(2,3)21-4/h12H,5-11H2,1-4H3,(H,17,19). The van der Waals surface area contributed by atoms with Gasteiger partial charge in [0.25, 0.3) is 0 Å². The van der Waals surface area contributed by atoms with Crippen LogP contribution in [0.1, 0.15) is 59.3 Å². The van der Waals surface area contributed by atoms with Gasteiger partial charge in [-0.1, -0.05) is 26.2 Å². The highest BCUT2D eigenvalue weighted by Gasteiger charge is 2.51. The fourth-order valence-corrected chi connectivity index (χ4v) is 3.49. The Bertz CT molecular complexity index is 414. The van der Waals surface area contributed by atoms with Gasteiger partial charge in [-0.25, -0.2) is 0 Å². The maximum absolute atomic E-state index is 13.1. The molecule has 1 heterocycles. The van der Waals surface area contributed by atoms with Crippen molar-refractivity contribution < 1.29 is 14.3 Å². The Morgan fingerprint density at radius 1 is 1.29 bits per heavy atom. The lowest BCUT2D eigenvalue weighted by atomic mass is 9.78. The van der Waals surface area contributed by atoms with Crippen LogP contribution in [0.2, 0.25) is 0 Å². The summed E-state index contributed by atoms with van der Waals surface area (Å²) in [6, 6.07) is -0.375. The Balaban J connectivity index is 2.28. The SMILES string of the molecule is CCC1C(=O)NC2(CCCCC2)C(=O)N1CC(C)(C)OC. The zero-order valence-corrected chi connectivity index (χ0v) is 13.7. The summed E-state index contributed by atoms with van der Waals surface area (Å²) in [5.41, 5.74) is -1.11. The van der Waals surface area contributed by atoms with Crippen LogP contribution in [0.25, 0.3) is 0 Å². The Labute approximate surface area is 127 Å². The summed E-state index contributed by atoms with van der Waals surface area (Å²) in [6.45, 7) is 6.30. The molecule has 1 atom stereocenters. The van der Waals surface area contributed by atoms with E-state index in [4.69, 9.17) is 4.74 Å². The molecule has 0 bridgehead atoms. The zero-order chi connectivity index (χ0) is 15.7. The summed E-state index contributed by atoms with van der Waals surface area (Å²) in [5, 5.41) is 3.05. The number of nitrogens with zero attached hydrogens (tertiary/aromatic N) is 1. The summed E-state index contributed by atoms with van der Waals surface area (Å²) in [6.07, 6.45) is 5.31. The van der Waals surface area contributed by atoms with Crippen molar-refractivity contribution in [3.8, 4) is 0 Å².